The molecule has 5 nitrogen and oxygen atoms in total. The molecule has 3 aromatic carbocycles. The van der Waals surface area contributed by atoms with E-state index in [0.717, 1.165) is 16.6 Å². The summed E-state index contributed by atoms with van der Waals surface area (Å²) in [6, 6.07) is 14.3. The number of hydrogen-bond donors (Lipinski definition) is 2. The van der Waals surface area contributed by atoms with Crippen LogP contribution in [-0.4, -0.2) is 21.4 Å². The van der Waals surface area contributed by atoms with Crippen LogP contribution in [0.4, 0.5) is 5.69 Å². The van der Waals surface area contributed by atoms with E-state index in [9.17, 15) is 10.2 Å². The monoisotopic (exact) mass is 500 g/mol. The summed E-state index contributed by atoms with van der Waals surface area (Å²) in [6.45, 7) is 1.99. The van der Waals surface area contributed by atoms with E-state index in [1.165, 1.54) is 0 Å². The van der Waals surface area contributed by atoms with Crippen LogP contribution in [0.25, 0.3) is 22.6 Å². The quantitative estimate of drug-likeness (QED) is 0.314. The standard InChI is InChI=1S/C21H14Br2N2O3/c1-11-2-5-19-17(6-11)25-21(28-19)14-4-3-13(9-18(14)26)24-10-12-7-15(22)20(27)16(23)8-12/h2-10,26-27H,1H3. The molecule has 1 aromatic heterocycles. The van der Waals surface area contributed by atoms with Crippen LogP contribution in [0.15, 0.2) is 66.9 Å². The third-order valence-corrected chi connectivity index (χ3v) is 5.37. The van der Waals surface area contributed by atoms with Crippen molar-refractivity contribution in [3.05, 3.63) is 68.6 Å². The van der Waals surface area contributed by atoms with Gasteiger partial charge in [-0.05, 0) is 86.3 Å². The van der Waals surface area contributed by atoms with Gasteiger partial charge in [0.05, 0.1) is 20.2 Å². The minimum atomic E-state index is 0.0333. The summed E-state index contributed by atoms with van der Waals surface area (Å²) in [7, 11) is 0. The maximum atomic E-state index is 10.4. The van der Waals surface area contributed by atoms with Gasteiger partial charge >= 0.3 is 0 Å². The van der Waals surface area contributed by atoms with Crippen molar-refractivity contribution >= 4 is 54.9 Å². The van der Waals surface area contributed by atoms with Crippen LogP contribution in [0.3, 0.4) is 0 Å². The number of aliphatic imine (C=N–C) groups is 1. The van der Waals surface area contributed by atoms with Gasteiger partial charge in [-0.3, -0.25) is 4.99 Å². The first-order valence-electron chi connectivity index (χ1n) is 8.33. The summed E-state index contributed by atoms with van der Waals surface area (Å²) in [4.78, 5) is 8.84. The molecule has 0 aliphatic carbocycles. The van der Waals surface area contributed by atoms with Gasteiger partial charge in [0.1, 0.15) is 17.0 Å². The Morgan fingerprint density at radius 2 is 1.75 bits per heavy atom. The number of aromatic nitrogens is 1. The van der Waals surface area contributed by atoms with Gasteiger partial charge in [0.25, 0.3) is 0 Å². The predicted molar refractivity (Wildman–Crippen MR) is 117 cm³/mol. The van der Waals surface area contributed by atoms with E-state index in [0.29, 0.717) is 31.7 Å². The zero-order valence-corrected chi connectivity index (χ0v) is 17.8. The molecule has 0 saturated carbocycles. The molecule has 2 N–H and O–H groups in total. The maximum absolute atomic E-state index is 10.4. The number of phenols is 2. The summed E-state index contributed by atoms with van der Waals surface area (Å²) in [6.07, 6.45) is 1.64. The second kappa shape index (κ2) is 7.41. The molecule has 0 spiro atoms. The lowest BCUT2D eigenvalue weighted by atomic mass is 10.2. The van der Waals surface area contributed by atoms with Crippen LogP contribution in [0, 0.1) is 6.92 Å². The molecule has 4 aromatic rings. The van der Waals surface area contributed by atoms with Crippen molar-refractivity contribution in [3.63, 3.8) is 0 Å². The Balaban J connectivity index is 1.64. The van der Waals surface area contributed by atoms with Crippen molar-refractivity contribution in [3.8, 4) is 23.0 Å². The highest BCUT2D eigenvalue weighted by Gasteiger charge is 2.13. The van der Waals surface area contributed by atoms with Crippen molar-refractivity contribution < 1.29 is 14.6 Å². The number of hydrogen-bond acceptors (Lipinski definition) is 5. The predicted octanol–water partition coefficient (Wildman–Crippen LogP) is 6.49. The highest BCUT2D eigenvalue weighted by Crippen LogP contribution is 2.35. The Hall–Kier alpha value is -2.64. The molecule has 0 aliphatic heterocycles. The number of rotatable bonds is 3. The molecular weight excluding hydrogens is 488 g/mol. The van der Waals surface area contributed by atoms with Gasteiger partial charge in [0, 0.05) is 12.3 Å². The third kappa shape index (κ3) is 3.68. The summed E-state index contributed by atoms with van der Waals surface area (Å²) in [5.74, 6) is 0.527. The molecule has 0 amide bonds. The molecule has 0 radical (unpaired) electrons. The van der Waals surface area contributed by atoms with Crippen molar-refractivity contribution in [2.45, 2.75) is 6.92 Å². The average molecular weight is 502 g/mol. The fourth-order valence-corrected chi connectivity index (χ4v) is 3.96. The van der Waals surface area contributed by atoms with Crippen molar-refractivity contribution in [1.29, 1.82) is 0 Å². The van der Waals surface area contributed by atoms with Crippen molar-refractivity contribution in [2.75, 3.05) is 0 Å². The van der Waals surface area contributed by atoms with E-state index < -0.39 is 0 Å². The summed E-state index contributed by atoms with van der Waals surface area (Å²) in [5, 5.41) is 20.2. The van der Waals surface area contributed by atoms with Gasteiger partial charge in [0.2, 0.25) is 5.89 Å². The van der Waals surface area contributed by atoms with E-state index in [-0.39, 0.29) is 11.5 Å². The Kier molecular flexibility index (Phi) is 4.95. The van der Waals surface area contributed by atoms with Crippen LogP contribution in [-0.2, 0) is 0 Å². The van der Waals surface area contributed by atoms with Crippen LogP contribution in [0.5, 0.6) is 11.5 Å². The first kappa shape index (κ1) is 18.7. The number of fused-ring (bicyclic) bond motifs is 1. The van der Waals surface area contributed by atoms with E-state index in [1.807, 2.05) is 25.1 Å². The van der Waals surface area contributed by atoms with E-state index in [1.54, 1.807) is 36.5 Å². The van der Waals surface area contributed by atoms with Gasteiger partial charge in [-0.25, -0.2) is 4.98 Å². The Morgan fingerprint density at radius 1 is 1.00 bits per heavy atom. The molecule has 0 atom stereocenters. The zero-order chi connectivity index (χ0) is 19.8. The molecule has 28 heavy (non-hydrogen) atoms. The average Bonchev–Trinajstić information content (AvgIpc) is 3.07. The van der Waals surface area contributed by atoms with Gasteiger partial charge in [-0.1, -0.05) is 6.07 Å². The maximum Gasteiger partial charge on any atom is 0.231 e. The molecule has 0 saturated heterocycles. The van der Waals surface area contributed by atoms with Crippen molar-refractivity contribution in [2.24, 2.45) is 4.99 Å². The first-order valence-corrected chi connectivity index (χ1v) is 9.92. The molecule has 0 fully saturated rings. The SMILES string of the molecule is Cc1ccc2oc(-c3ccc(N=Cc4cc(Br)c(O)c(Br)c4)cc3O)nc2c1. The second-order valence-corrected chi connectivity index (χ2v) is 7.99. The van der Waals surface area contributed by atoms with Crippen molar-refractivity contribution in [1.82, 2.24) is 4.98 Å². The van der Waals surface area contributed by atoms with Crippen LogP contribution in [0.1, 0.15) is 11.1 Å². The van der Waals surface area contributed by atoms with E-state index >= 15 is 0 Å². The van der Waals surface area contributed by atoms with Crippen LogP contribution < -0.4 is 0 Å². The number of nitrogens with zero attached hydrogens (tertiary/aromatic N) is 2. The molecular formula is C21H14Br2N2O3. The van der Waals surface area contributed by atoms with Crippen LogP contribution >= 0.6 is 31.9 Å². The second-order valence-electron chi connectivity index (χ2n) is 6.28. The molecule has 7 heteroatoms. The summed E-state index contributed by atoms with van der Waals surface area (Å²) >= 11 is 6.58. The number of phenolic OH excluding ortho intramolecular Hbond substituents is 2. The minimum absolute atomic E-state index is 0.0333. The first-order chi connectivity index (χ1) is 13.4. The topological polar surface area (TPSA) is 78.9 Å². The third-order valence-electron chi connectivity index (χ3n) is 4.16. The van der Waals surface area contributed by atoms with Gasteiger partial charge in [-0.15, -0.1) is 0 Å². The van der Waals surface area contributed by atoms with E-state index in [4.69, 9.17) is 4.42 Å². The Bertz CT molecular complexity index is 1210. The highest BCUT2D eigenvalue weighted by molar-refractivity contribution is 9.11. The number of benzene rings is 3. The Morgan fingerprint density at radius 3 is 2.46 bits per heavy atom. The zero-order valence-electron chi connectivity index (χ0n) is 14.6. The Labute approximate surface area is 177 Å². The normalized spacial score (nSPS) is 11.5. The number of aryl methyl sites for hydroxylation is 1. The molecule has 0 aliphatic rings. The number of halogens is 2. The summed E-state index contributed by atoms with van der Waals surface area (Å²) < 4.78 is 6.88. The lowest BCUT2D eigenvalue weighted by Crippen LogP contribution is -1.83. The van der Waals surface area contributed by atoms with E-state index in [2.05, 4.69) is 41.8 Å². The molecule has 0 bridgehead atoms. The fourth-order valence-electron chi connectivity index (χ4n) is 2.74. The minimum Gasteiger partial charge on any atom is -0.507 e. The smallest absolute Gasteiger partial charge is 0.231 e. The lowest BCUT2D eigenvalue weighted by Gasteiger charge is -2.03. The highest BCUT2D eigenvalue weighted by atomic mass is 79.9. The molecule has 140 valence electrons. The molecule has 4 rings (SSSR count). The van der Waals surface area contributed by atoms with Crippen LogP contribution in [0.2, 0.25) is 0 Å². The molecule has 0 unspecified atom stereocenters. The number of oxazole rings is 1. The fraction of sp³-hybridized carbons (Fsp3) is 0.0476. The van der Waals surface area contributed by atoms with Gasteiger partial charge < -0.3 is 14.6 Å². The summed E-state index contributed by atoms with van der Waals surface area (Å²) in [5.41, 5.74) is 4.38. The lowest BCUT2D eigenvalue weighted by molar-refractivity contribution is 0.468. The largest absolute Gasteiger partial charge is 0.507 e. The molecule has 1 heterocycles. The number of aromatic hydroxyl groups is 2. The van der Waals surface area contributed by atoms with Gasteiger partial charge in [-0.2, -0.15) is 0 Å². The van der Waals surface area contributed by atoms with Gasteiger partial charge in [0.15, 0.2) is 5.58 Å².